The fourth-order valence-corrected chi connectivity index (χ4v) is 2.76. The summed E-state index contributed by atoms with van der Waals surface area (Å²) < 4.78 is 23.8. The maximum Gasteiger partial charge on any atom is 0.245 e. The minimum Gasteiger partial charge on any atom is -0.489 e. The van der Waals surface area contributed by atoms with E-state index in [0.29, 0.717) is 5.75 Å². The van der Waals surface area contributed by atoms with Gasteiger partial charge in [0.25, 0.3) is 0 Å². The van der Waals surface area contributed by atoms with Crippen LogP contribution < -0.4 is 15.8 Å². The van der Waals surface area contributed by atoms with Gasteiger partial charge in [0.1, 0.15) is 23.7 Å². The van der Waals surface area contributed by atoms with E-state index in [0.717, 1.165) is 11.1 Å². The van der Waals surface area contributed by atoms with E-state index in [9.17, 15) is 14.0 Å². The first kappa shape index (κ1) is 20.4. The fourth-order valence-electron chi connectivity index (χ4n) is 2.76. The molecule has 0 fully saturated rings. The molecule has 0 saturated heterocycles. The number of primary amides is 1. The van der Waals surface area contributed by atoms with Crippen LogP contribution in [-0.2, 0) is 27.4 Å². The van der Waals surface area contributed by atoms with Gasteiger partial charge in [-0.05, 0) is 23.3 Å². The molecular weight excluding hydrogens is 351 g/mol. The van der Waals surface area contributed by atoms with Crippen LogP contribution in [0.2, 0.25) is 0 Å². The van der Waals surface area contributed by atoms with E-state index < -0.39 is 11.4 Å². The quantitative estimate of drug-likeness (QED) is 0.702. The van der Waals surface area contributed by atoms with Gasteiger partial charge in [0.05, 0.1) is 6.61 Å². The number of hydrogen-bond donors (Lipinski definition) is 2. The molecule has 0 aliphatic rings. The molecule has 0 saturated carbocycles. The Morgan fingerprint density at radius 1 is 1.15 bits per heavy atom. The van der Waals surface area contributed by atoms with Crippen molar-refractivity contribution in [2.75, 3.05) is 13.7 Å². The van der Waals surface area contributed by atoms with E-state index in [2.05, 4.69) is 5.32 Å². The van der Waals surface area contributed by atoms with Crippen molar-refractivity contribution in [1.82, 2.24) is 5.32 Å². The number of rotatable bonds is 9. The summed E-state index contributed by atoms with van der Waals surface area (Å²) in [5.74, 6) is -0.955. The first-order chi connectivity index (χ1) is 12.8. The van der Waals surface area contributed by atoms with Crippen LogP contribution in [0.5, 0.6) is 5.75 Å². The molecule has 7 heteroatoms. The highest BCUT2D eigenvalue weighted by Crippen LogP contribution is 2.18. The Balaban J connectivity index is 2.08. The first-order valence-electron chi connectivity index (χ1n) is 8.38. The summed E-state index contributed by atoms with van der Waals surface area (Å²) in [4.78, 5) is 23.5. The lowest BCUT2D eigenvalue weighted by Crippen LogP contribution is -2.61. The maximum atomic E-state index is 13.2. The summed E-state index contributed by atoms with van der Waals surface area (Å²) in [6.45, 7) is 1.56. The molecule has 1 unspecified atom stereocenters. The molecule has 1 atom stereocenters. The third kappa shape index (κ3) is 5.79. The predicted molar refractivity (Wildman–Crippen MR) is 98.5 cm³/mol. The Bertz CT molecular complexity index is 795. The second-order valence-electron chi connectivity index (χ2n) is 6.30. The monoisotopic (exact) mass is 374 g/mol. The first-order valence-corrected chi connectivity index (χ1v) is 8.38. The minimum atomic E-state index is -1.32. The van der Waals surface area contributed by atoms with Crippen LogP contribution in [0, 0.1) is 5.82 Å². The van der Waals surface area contributed by atoms with Crippen LogP contribution in [0.4, 0.5) is 4.39 Å². The van der Waals surface area contributed by atoms with E-state index in [4.69, 9.17) is 15.2 Å². The molecule has 0 radical (unpaired) electrons. The van der Waals surface area contributed by atoms with Crippen molar-refractivity contribution >= 4 is 11.8 Å². The van der Waals surface area contributed by atoms with E-state index in [1.807, 2.05) is 24.3 Å². The molecule has 0 aliphatic heterocycles. The number of ether oxygens (including phenoxy) is 2. The lowest BCUT2D eigenvalue weighted by molar-refractivity contribution is -0.132. The summed E-state index contributed by atoms with van der Waals surface area (Å²) in [6.07, 6.45) is 0.195. The van der Waals surface area contributed by atoms with Crippen molar-refractivity contribution in [2.24, 2.45) is 5.73 Å². The van der Waals surface area contributed by atoms with Crippen molar-refractivity contribution < 1.29 is 23.5 Å². The smallest absolute Gasteiger partial charge is 0.245 e. The molecule has 0 bridgehead atoms. The molecule has 0 spiro atoms. The van der Waals surface area contributed by atoms with Gasteiger partial charge in [-0.25, -0.2) is 4.39 Å². The SMILES string of the molecule is COCC(Cc1ccc(COc2cccc(F)c2)cc1)(NC(C)=O)C(N)=O. The highest BCUT2D eigenvalue weighted by Gasteiger charge is 2.37. The third-order valence-electron chi connectivity index (χ3n) is 4.01. The lowest BCUT2D eigenvalue weighted by atomic mass is 9.90. The molecule has 3 N–H and O–H groups in total. The van der Waals surface area contributed by atoms with Gasteiger partial charge < -0.3 is 20.5 Å². The summed E-state index contributed by atoms with van der Waals surface area (Å²) in [7, 11) is 1.44. The molecule has 27 heavy (non-hydrogen) atoms. The zero-order valence-corrected chi connectivity index (χ0v) is 15.3. The summed E-state index contributed by atoms with van der Waals surface area (Å²) in [5, 5.41) is 2.61. The fraction of sp³-hybridized carbons (Fsp3) is 0.300. The minimum absolute atomic E-state index is 0.0354. The molecule has 2 aromatic carbocycles. The number of carbonyl (C=O) groups is 2. The van der Waals surface area contributed by atoms with Crippen LogP contribution in [-0.4, -0.2) is 31.1 Å². The zero-order chi connectivity index (χ0) is 19.9. The molecule has 2 rings (SSSR count). The van der Waals surface area contributed by atoms with Crippen molar-refractivity contribution in [3.63, 3.8) is 0 Å². The van der Waals surface area contributed by atoms with E-state index in [1.54, 1.807) is 12.1 Å². The molecule has 144 valence electrons. The number of carbonyl (C=O) groups excluding carboxylic acids is 2. The van der Waals surface area contributed by atoms with E-state index in [-0.39, 0.29) is 31.4 Å². The number of halogens is 1. The molecule has 0 aliphatic carbocycles. The number of benzene rings is 2. The molecule has 0 heterocycles. The van der Waals surface area contributed by atoms with Crippen molar-refractivity contribution in [3.05, 3.63) is 65.5 Å². The van der Waals surface area contributed by atoms with Crippen LogP contribution in [0.25, 0.3) is 0 Å². The third-order valence-corrected chi connectivity index (χ3v) is 4.01. The maximum absolute atomic E-state index is 13.2. The Kier molecular flexibility index (Phi) is 6.90. The standard InChI is InChI=1S/C20H23FN2O4/c1-14(24)23-20(13-26-2,19(22)25)11-15-6-8-16(9-7-15)12-27-18-5-3-4-17(21)10-18/h3-10H,11-13H2,1-2H3,(H2,22,25)(H,23,24). The van der Waals surface area contributed by atoms with Gasteiger partial charge in [-0.3, -0.25) is 9.59 Å². The highest BCUT2D eigenvalue weighted by atomic mass is 19.1. The predicted octanol–water partition coefficient (Wildman–Crippen LogP) is 1.95. The number of nitrogens with one attached hydrogen (secondary N) is 1. The normalized spacial score (nSPS) is 12.9. The number of nitrogens with two attached hydrogens (primary N) is 1. The topological polar surface area (TPSA) is 90.7 Å². The Morgan fingerprint density at radius 2 is 1.81 bits per heavy atom. The van der Waals surface area contributed by atoms with Crippen LogP contribution in [0.1, 0.15) is 18.1 Å². The molecule has 2 aromatic rings. The number of methoxy groups -OCH3 is 1. The van der Waals surface area contributed by atoms with Gasteiger partial charge in [0.2, 0.25) is 11.8 Å². The average molecular weight is 374 g/mol. The van der Waals surface area contributed by atoms with E-state index >= 15 is 0 Å². The average Bonchev–Trinajstić information content (AvgIpc) is 2.60. The van der Waals surface area contributed by atoms with Gasteiger partial charge >= 0.3 is 0 Å². The van der Waals surface area contributed by atoms with Crippen LogP contribution in [0.3, 0.4) is 0 Å². The summed E-state index contributed by atoms with van der Waals surface area (Å²) in [5.41, 5.74) is 5.88. The van der Waals surface area contributed by atoms with Gasteiger partial charge in [0.15, 0.2) is 0 Å². The summed E-state index contributed by atoms with van der Waals surface area (Å²) in [6, 6.07) is 13.2. The van der Waals surface area contributed by atoms with Gasteiger partial charge in [0, 0.05) is 26.5 Å². The van der Waals surface area contributed by atoms with Crippen LogP contribution in [0.15, 0.2) is 48.5 Å². The van der Waals surface area contributed by atoms with Gasteiger partial charge in [-0.1, -0.05) is 30.3 Å². The zero-order valence-electron chi connectivity index (χ0n) is 15.3. The van der Waals surface area contributed by atoms with Gasteiger partial charge in [-0.15, -0.1) is 0 Å². The largest absolute Gasteiger partial charge is 0.489 e. The van der Waals surface area contributed by atoms with Gasteiger partial charge in [-0.2, -0.15) is 0 Å². The number of amides is 2. The van der Waals surface area contributed by atoms with Crippen molar-refractivity contribution in [2.45, 2.75) is 25.5 Å². The Hall–Kier alpha value is -2.93. The van der Waals surface area contributed by atoms with E-state index in [1.165, 1.54) is 26.2 Å². The molecule has 6 nitrogen and oxygen atoms in total. The van der Waals surface area contributed by atoms with Crippen molar-refractivity contribution in [3.8, 4) is 5.75 Å². The Morgan fingerprint density at radius 3 is 2.37 bits per heavy atom. The summed E-state index contributed by atoms with van der Waals surface area (Å²) >= 11 is 0. The van der Waals surface area contributed by atoms with Crippen molar-refractivity contribution in [1.29, 1.82) is 0 Å². The molecule has 0 aromatic heterocycles. The second-order valence-corrected chi connectivity index (χ2v) is 6.30. The second kappa shape index (κ2) is 9.14. The number of hydrogen-bond acceptors (Lipinski definition) is 4. The molecular formula is C20H23FN2O4. The molecule has 2 amide bonds. The lowest BCUT2D eigenvalue weighted by Gasteiger charge is -2.30. The van der Waals surface area contributed by atoms with Crippen LogP contribution >= 0.6 is 0 Å². The Labute approximate surface area is 157 Å². The highest BCUT2D eigenvalue weighted by molar-refractivity contribution is 5.90.